The van der Waals surface area contributed by atoms with Crippen LogP contribution in [0.3, 0.4) is 0 Å². The summed E-state index contributed by atoms with van der Waals surface area (Å²) in [6, 6.07) is 15.5. The van der Waals surface area contributed by atoms with E-state index in [4.69, 9.17) is 5.73 Å². The Labute approximate surface area is 218 Å². The number of amides is 1. The Bertz CT molecular complexity index is 1180. The minimum atomic E-state index is -0.251. The molecule has 0 bridgehead atoms. The molecule has 7 heteroatoms. The first-order chi connectivity index (χ1) is 16.8. The molecule has 192 valence electrons. The summed E-state index contributed by atoms with van der Waals surface area (Å²) in [6.07, 6.45) is 0.333. The standard InChI is InChI=1S/C29H38N4O2S/c1-28(2,3)22-16-21(17-23(26(22)35)29(4,5)6)32-25(34)12-13-31-18-19-9-7-10-20(15-19)33-27(30)24-11-8-14-36-24/h7-11,14-17,31,35H,12-13,18H2,1-6H3,(H2,30,33)(H,32,34). The van der Waals surface area contributed by atoms with Gasteiger partial charge in [0.1, 0.15) is 11.6 Å². The number of amidine groups is 1. The summed E-state index contributed by atoms with van der Waals surface area (Å²) in [5, 5.41) is 19.2. The molecule has 0 spiro atoms. The van der Waals surface area contributed by atoms with Gasteiger partial charge in [0.25, 0.3) is 0 Å². The molecule has 0 radical (unpaired) electrons. The zero-order chi connectivity index (χ0) is 26.5. The fourth-order valence-corrected chi connectivity index (χ4v) is 4.49. The fourth-order valence-electron chi connectivity index (χ4n) is 3.86. The maximum Gasteiger partial charge on any atom is 0.225 e. The summed E-state index contributed by atoms with van der Waals surface area (Å²) in [4.78, 5) is 18.1. The van der Waals surface area contributed by atoms with Crippen LogP contribution in [0, 0.1) is 0 Å². The van der Waals surface area contributed by atoms with Crippen LogP contribution in [-0.2, 0) is 22.2 Å². The molecular formula is C29H38N4O2S. The summed E-state index contributed by atoms with van der Waals surface area (Å²) in [5.41, 5.74) is 9.83. The van der Waals surface area contributed by atoms with Crippen LogP contribution in [-0.4, -0.2) is 23.4 Å². The largest absolute Gasteiger partial charge is 0.507 e. The monoisotopic (exact) mass is 506 g/mol. The Morgan fingerprint density at radius 1 is 1.00 bits per heavy atom. The lowest BCUT2D eigenvalue weighted by Crippen LogP contribution is -2.22. The number of hydrogen-bond donors (Lipinski definition) is 4. The molecule has 5 N–H and O–H groups in total. The molecule has 0 aliphatic carbocycles. The van der Waals surface area contributed by atoms with Crippen LogP contribution in [0.15, 0.2) is 58.9 Å². The van der Waals surface area contributed by atoms with Gasteiger partial charge in [0, 0.05) is 36.3 Å². The van der Waals surface area contributed by atoms with Crippen molar-refractivity contribution in [2.24, 2.45) is 10.7 Å². The minimum Gasteiger partial charge on any atom is -0.507 e. The van der Waals surface area contributed by atoms with Gasteiger partial charge in [0.05, 0.1) is 10.6 Å². The lowest BCUT2D eigenvalue weighted by molar-refractivity contribution is -0.116. The Morgan fingerprint density at radius 3 is 2.25 bits per heavy atom. The second-order valence-corrected chi connectivity index (χ2v) is 12.0. The lowest BCUT2D eigenvalue weighted by atomic mass is 9.79. The van der Waals surface area contributed by atoms with Gasteiger partial charge < -0.3 is 21.5 Å². The van der Waals surface area contributed by atoms with E-state index in [2.05, 4.69) is 57.2 Å². The number of hydrogen-bond acceptors (Lipinski definition) is 5. The summed E-state index contributed by atoms with van der Waals surface area (Å²) in [6.45, 7) is 13.5. The Balaban J connectivity index is 1.58. The van der Waals surface area contributed by atoms with Gasteiger partial charge in [-0.15, -0.1) is 11.3 Å². The predicted octanol–water partition coefficient (Wildman–Crippen LogP) is 6.20. The van der Waals surface area contributed by atoms with Gasteiger partial charge in [-0.2, -0.15) is 0 Å². The fraction of sp³-hybridized carbons (Fsp3) is 0.379. The van der Waals surface area contributed by atoms with Crippen molar-refractivity contribution in [3.8, 4) is 5.75 Å². The number of anilines is 1. The number of benzene rings is 2. The third-order valence-corrected chi connectivity index (χ3v) is 6.69. The second kappa shape index (κ2) is 11.3. The van der Waals surface area contributed by atoms with Crippen LogP contribution in [0.4, 0.5) is 11.4 Å². The number of phenolic OH excluding ortho intramolecular Hbond substituents is 1. The molecule has 3 rings (SSSR count). The maximum absolute atomic E-state index is 12.7. The molecule has 1 aromatic heterocycles. The first-order valence-corrected chi connectivity index (χ1v) is 13.1. The highest BCUT2D eigenvalue weighted by Gasteiger charge is 2.26. The molecule has 3 aromatic rings. The Morgan fingerprint density at radius 2 is 1.67 bits per heavy atom. The van der Waals surface area contributed by atoms with Crippen molar-refractivity contribution in [2.75, 3.05) is 11.9 Å². The number of nitrogens with two attached hydrogens (primary N) is 1. The minimum absolute atomic E-state index is 0.0741. The van der Waals surface area contributed by atoms with Crippen molar-refractivity contribution in [3.05, 3.63) is 75.5 Å². The molecular weight excluding hydrogens is 468 g/mol. The molecule has 1 amide bonds. The van der Waals surface area contributed by atoms with Crippen LogP contribution >= 0.6 is 11.3 Å². The number of carbonyl (C=O) groups is 1. The first kappa shape index (κ1) is 27.4. The zero-order valence-electron chi connectivity index (χ0n) is 22.1. The number of phenols is 1. The van der Waals surface area contributed by atoms with Crippen molar-refractivity contribution in [3.63, 3.8) is 0 Å². The zero-order valence-corrected chi connectivity index (χ0v) is 22.9. The molecule has 0 fully saturated rings. The number of aliphatic imine (C=N–C) groups is 1. The number of thiophene rings is 1. The second-order valence-electron chi connectivity index (χ2n) is 11.0. The van der Waals surface area contributed by atoms with Crippen LogP contribution < -0.4 is 16.4 Å². The molecule has 2 aromatic carbocycles. The van der Waals surface area contributed by atoms with E-state index in [0.29, 0.717) is 36.8 Å². The average Bonchev–Trinajstić information content (AvgIpc) is 3.32. The van der Waals surface area contributed by atoms with Crippen molar-refractivity contribution in [1.29, 1.82) is 0 Å². The first-order valence-electron chi connectivity index (χ1n) is 12.2. The predicted molar refractivity (Wildman–Crippen MR) is 152 cm³/mol. The van der Waals surface area contributed by atoms with E-state index in [9.17, 15) is 9.90 Å². The Hall–Kier alpha value is -3.16. The topological polar surface area (TPSA) is 99.7 Å². The van der Waals surface area contributed by atoms with Gasteiger partial charge in [-0.3, -0.25) is 4.79 Å². The number of rotatable bonds is 8. The van der Waals surface area contributed by atoms with E-state index >= 15 is 0 Å². The van der Waals surface area contributed by atoms with Crippen molar-refractivity contribution < 1.29 is 9.90 Å². The summed E-state index contributed by atoms with van der Waals surface area (Å²) in [5.74, 6) is 0.735. The van der Waals surface area contributed by atoms with Gasteiger partial charge in [-0.25, -0.2) is 4.99 Å². The molecule has 0 saturated heterocycles. The molecule has 0 unspecified atom stereocenters. The molecule has 0 saturated carbocycles. The van der Waals surface area contributed by atoms with Gasteiger partial charge in [-0.1, -0.05) is 59.7 Å². The van der Waals surface area contributed by atoms with Crippen LogP contribution in [0.5, 0.6) is 5.75 Å². The third-order valence-electron chi connectivity index (χ3n) is 5.80. The van der Waals surface area contributed by atoms with E-state index in [1.807, 2.05) is 53.9 Å². The maximum atomic E-state index is 12.7. The summed E-state index contributed by atoms with van der Waals surface area (Å²) in [7, 11) is 0. The van der Waals surface area contributed by atoms with Gasteiger partial charge >= 0.3 is 0 Å². The Kier molecular flexibility index (Phi) is 8.59. The van der Waals surface area contributed by atoms with Crippen molar-refractivity contribution in [1.82, 2.24) is 5.32 Å². The molecule has 1 heterocycles. The third kappa shape index (κ3) is 7.42. The van der Waals surface area contributed by atoms with E-state index < -0.39 is 0 Å². The number of carbonyl (C=O) groups excluding carboxylic acids is 1. The SMILES string of the molecule is CC(C)(C)c1cc(NC(=O)CCNCc2cccc(N=C(N)c3cccs3)c2)cc(C(C)(C)C)c1O. The van der Waals surface area contributed by atoms with E-state index in [1.54, 1.807) is 11.3 Å². The number of aromatic hydroxyl groups is 1. The van der Waals surface area contributed by atoms with E-state index in [0.717, 1.165) is 27.3 Å². The van der Waals surface area contributed by atoms with Gasteiger partial charge in [-0.05, 0) is 52.1 Å². The van der Waals surface area contributed by atoms with Crippen LogP contribution in [0.25, 0.3) is 0 Å². The number of nitrogens with zero attached hydrogens (tertiary/aromatic N) is 1. The highest BCUT2D eigenvalue weighted by molar-refractivity contribution is 7.12. The van der Waals surface area contributed by atoms with Crippen molar-refractivity contribution in [2.45, 2.75) is 65.3 Å². The molecule has 0 aliphatic heterocycles. The van der Waals surface area contributed by atoms with Crippen LogP contribution in [0.1, 0.15) is 69.5 Å². The van der Waals surface area contributed by atoms with Gasteiger partial charge in [0.15, 0.2) is 0 Å². The molecule has 36 heavy (non-hydrogen) atoms. The van der Waals surface area contributed by atoms with E-state index in [-0.39, 0.29) is 16.7 Å². The van der Waals surface area contributed by atoms with Crippen molar-refractivity contribution >= 4 is 34.5 Å². The molecule has 6 nitrogen and oxygen atoms in total. The van der Waals surface area contributed by atoms with Crippen LogP contribution in [0.2, 0.25) is 0 Å². The van der Waals surface area contributed by atoms with E-state index in [1.165, 1.54) is 0 Å². The number of nitrogens with one attached hydrogen (secondary N) is 2. The van der Waals surface area contributed by atoms with Gasteiger partial charge in [0.2, 0.25) is 5.91 Å². The highest BCUT2D eigenvalue weighted by atomic mass is 32.1. The summed E-state index contributed by atoms with van der Waals surface area (Å²) < 4.78 is 0. The highest BCUT2D eigenvalue weighted by Crippen LogP contribution is 2.41. The summed E-state index contributed by atoms with van der Waals surface area (Å²) >= 11 is 1.56. The lowest BCUT2D eigenvalue weighted by Gasteiger charge is -2.28. The molecule has 0 aliphatic rings. The smallest absolute Gasteiger partial charge is 0.225 e. The quantitative estimate of drug-likeness (QED) is 0.126. The molecule has 0 atom stereocenters. The average molecular weight is 507 g/mol. The normalized spacial score (nSPS) is 12.6.